The summed E-state index contributed by atoms with van der Waals surface area (Å²) in [4.78, 5) is 28.3. The molecule has 1 saturated heterocycles. The molecule has 2 fully saturated rings. The number of anilines is 1. The number of carbonyl (C=O) groups is 2. The molecule has 1 aliphatic carbocycles. The molecule has 1 amide bonds. The molecule has 6 nitrogen and oxygen atoms in total. The molecule has 2 aliphatic rings. The van der Waals surface area contributed by atoms with Crippen molar-refractivity contribution in [1.82, 2.24) is 4.90 Å². The van der Waals surface area contributed by atoms with E-state index < -0.39 is 17.7 Å². The summed E-state index contributed by atoms with van der Waals surface area (Å²) < 4.78 is 5.94. The Bertz CT molecular complexity index is 648. The molecule has 3 rings (SSSR count). The van der Waals surface area contributed by atoms with Crippen molar-refractivity contribution in [2.45, 2.75) is 44.4 Å². The van der Waals surface area contributed by atoms with Crippen LogP contribution >= 0.6 is 0 Å². The lowest BCUT2D eigenvalue weighted by molar-refractivity contribution is -0.143. The van der Waals surface area contributed by atoms with Crippen LogP contribution in [0.2, 0.25) is 0 Å². The van der Waals surface area contributed by atoms with Gasteiger partial charge < -0.3 is 14.7 Å². The van der Waals surface area contributed by atoms with E-state index in [2.05, 4.69) is 6.92 Å². The minimum atomic E-state index is -1.01. The van der Waals surface area contributed by atoms with Gasteiger partial charge in [-0.1, -0.05) is 6.92 Å². The molecule has 1 heterocycles. The first kappa shape index (κ1) is 17.7. The Balaban J connectivity index is 1.91. The summed E-state index contributed by atoms with van der Waals surface area (Å²) in [6, 6.07) is 6.34. The van der Waals surface area contributed by atoms with E-state index >= 15 is 0 Å². The van der Waals surface area contributed by atoms with Gasteiger partial charge in [0.1, 0.15) is 5.72 Å². The molecule has 1 aromatic carbocycles. The van der Waals surface area contributed by atoms with E-state index in [0.717, 1.165) is 18.5 Å². The predicted molar refractivity (Wildman–Crippen MR) is 94.7 cm³/mol. The number of nitrogens with zero attached hydrogens (tertiary/aromatic N) is 2. The van der Waals surface area contributed by atoms with Crippen molar-refractivity contribution in [3.63, 3.8) is 0 Å². The maximum atomic E-state index is 13.2. The van der Waals surface area contributed by atoms with E-state index in [1.165, 1.54) is 4.90 Å². The highest BCUT2D eigenvalue weighted by Crippen LogP contribution is 2.43. The van der Waals surface area contributed by atoms with E-state index in [-0.39, 0.29) is 12.5 Å². The van der Waals surface area contributed by atoms with Crippen molar-refractivity contribution >= 4 is 17.6 Å². The SMILES string of the molecule is CC1CCC2(CC1)OCC(C(=O)O)N2C(=O)c1ccc(N(C)C)cc1. The first-order chi connectivity index (χ1) is 11.8. The molecular formula is C19H26N2O4. The first-order valence-electron chi connectivity index (χ1n) is 8.82. The van der Waals surface area contributed by atoms with Gasteiger partial charge in [-0.05, 0) is 55.9 Å². The third-order valence-electron chi connectivity index (χ3n) is 5.45. The average molecular weight is 346 g/mol. The highest BCUT2D eigenvalue weighted by atomic mass is 16.5. The van der Waals surface area contributed by atoms with Gasteiger partial charge in [-0.25, -0.2) is 4.79 Å². The Morgan fingerprint density at radius 2 is 1.80 bits per heavy atom. The van der Waals surface area contributed by atoms with Gasteiger partial charge in [0.2, 0.25) is 0 Å². The summed E-state index contributed by atoms with van der Waals surface area (Å²) in [6.07, 6.45) is 3.27. The highest BCUT2D eigenvalue weighted by Gasteiger charge is 2.53. The van der Waals surface area contributed by atoms with Crippen molar-refractivity contribution in [2.24, 2.45) is 5.92 Å². The van der Waals surface area contributed by atoms with Gasteiger partial charge in [0.15, 0.2) is 6.04 Å². The molecule has 0 aromatic heterocycles. The number of carbonyl (C=O) groups excluding carboxylic acids is 1. The van der Waals surface area contributed by atoms with Crippen molar-refractivity contribution < 1.29 is 19.4 Å². The smallest absolute Gasteiger partial charge is 0.328 e. The highest BCUT2D eigenvalue weighted by molar-refractivity contribution is 5.97. The number of carboxylic acid groups (broad SMARTS) is 1. The summed E-state index contributed by atoms with van der Waals surface area (Å²) in [6.45, 7) is 2.24. The number of benzene rings is 1. The Labute approximate surface area is 148 Å². The van der Waals surface area contributed by atoms with Gasteiger partial charge >= 0.3 is 5.97 Å². The van der Waals surface area contributed by atoms with E-state index in [1.807, 2.05) is 31.1 Å². The zero-order valence-corrected chi connectivity index (χ0v) is 15.1. The molecule has 1 saturated carbocycles. The normalized spacial score (nSPS) is 29.0. The molecule has 6 heteroatoms. The maximum Gasteiger partial charge on any atom is 0.328 e. The molecule has 1 N–H and O–H groups in total. The fraction of sp³-hybridized carbons (Fsp3) is 0.579. The van der Waals surface area contributed by atoms with Crippen LogP contribution in [0.15, 0.2) is 24.3 Å². The Kier molecular flexibility index (Phi) is 4.73. The fourth-order valence-electron chi connectivity index (χ4n) is 3.81. The van der Waals surface area contributed by atoms with Crippen molar-refractivity contribution in [1.29, 1.82) is 0 Å². The molecular weight excluding hydrogens is 320 g/mol. The van der Waals surface area contributed by atoms with E-state index in [9.17, 15) is 14.7 Å². The number of aliphatic carboxylic acids is 1. The number of hydrogen-bond donors (Lipinski definition) is 1. The van der Waals surface area contributed by atoms with Gasteiger partial charge in [-0.3, -0.25) is 9.69 Å². The number of hydrogen-bond acceptors (Lipinski definition) is 4. The van der Waals surface area contributed by atoms with Gasteiger partial charge in [0, 0.05) is 25.3 Å². The van der Waals surface area contributed by atoms with Crippen LogP contribution in [-0.2, 0) is 9.53 Å². The van der Waals surface area contributed by atoms with Crippen molar-refractivity contribution in [3.8, 4) is 0 Å². The second kappa shape index (κ2) is 6.67. The van der Waals surface area contributed by atoms with Gasteiger partial charge in [-0.15, -0.1) is 0 Å². The van der Waals surface area contributed by atoms with E-state index in [1.54, 1.807) is 12.1 Å². The number of amides is 1. The van der Waals surface area contributed by atoms with Gasteiger partial charge in [-0.2, -0.15) is 0 Å². The molecule has 1 unspecified atom stereocenters. The zero-order valence-electron chi connectivity index (χ0n) is 15.1. The topological polar surface area (TPSA) is 70.1 Å². The van der Waals surface area contributed by atoms with Crippen LogP contribution in [0.1, 0.15) is 43.0 Å². The monoisotopic (exact) mass is 346 g/mol. The third-order valence-corrected chi connectivity index (χ3v) is 5.45. The van der Waals surface area contributed by atoms with E-state index in [4.69, 9.17) is 4.74 Å². The molecule has 1 atom stereocenters. The standard InChI is InChI=1S/C19H26N2O4/c1-13-8-10-19(11-9-13)21(16(12-25-19)18(23)24)17(22)14-4-6-15(7-5-14)20(2)3/h4-7,13,16H,8-12H2,1-3H3,(H,23,24). The predicted octanol–water partition coefficient (Wildman–Crippen LogP) is 2.58. The van der Waals surface area contributed by atoms with Crippen LogP contribution in [0.4, 0.5) is 5.69 Å². The fourth-order valence-corrected chi connectivity index (χ4v) is 3.81. The lowest BCUT2D eigenvalue weighted by Crippen LogP contribution is -2.55. The molecule has 136 valence electrons. The second-order valence-corrected chi connectivity index (χ2v) is 7.41. The minimum Gasteiger partial charge on any atom is -0.480 e. The molecule has 0 radical (unpaired) electrons. The summed E-state index contributed by atoms with van der Waals surface area (Å²) in [5.41, 5.74) is 0.720. The zero-order chi connectivity index (χ0) is 18.2. The van der Waals surface area contributed by atoms with Crippen LogP contribution in [0.25, 0.3) is 0 Å². The van der Waals surface area contributed by atoms with Crippen LogP contribution in [0, 0.1) is 5.92 Å². The molecule has 1 aliphatic heterocycles. The molecule has 0 bridgehead atoms. The molecule has 1 spiro atoms. The molecule has 25 heavy (non-hydrogen) atoms. The van der Waals surface area contributed by atoms with Crippen molar-refractivity contribution in [3.05, 3.63) is 29.8 Å². The number of ether oxygens (including phenoxy) is 1. The van der Waals surface area contributed by atoms with Gasteiger partial charge in [0.25, 0.3) is 5.91 Å². The first-order valence-corrected chi connectivity index (χ1v) is 8.82. The number of rotatable bonds is 3. The second-order valence-electron chi connectivity index (χ2n) is 7.41. The van der Waals surface area contributed by atoms with Crippen LogP contribution in [0.3, 0.4) is 0 Å². The number of carboxylic acids is 1. The van der Waals surface area contributed by atoms with Crippen molar-refractivity contribution in [2.75, 3.05) is 25.6 Å². The minimum absolute atomic E-state index is 0.0607. The average Bonchev–Trinajstić information content (AvgIpc) is 2.96. The lowest BCUT2D eigenvalue weighted by atomic mass is 9.83. The van der Waals surface area contributed by atoms with Crippen LogP contribution in [0.5, 0.6) is 0 Å². The van der Waals surface area contributed by atoms with Crippen LogP contribution < -0.4 is 4.90 Å². The Morgan fingerprint density at radius 3 is 2.32 bits per heavy atom. The summed E-state index contributed by atoms with van der Waals surface area (Å²) in [5, 5.41) is 9.58. The van der Waals surface area contributed by atoms with Gasteiger partial charge in [0.05, 0.1) is 6.61 Å². The Hall–Kier alpha value is -2.08. The third kappa shape index (κ3) is 3.23. The summed E-state index contributed by atoms with van der Waals surface area (Å²) in [5.74, 6) is -0.687. The summed E-state index contributed by atoms with van der Waals surface area (Å²) >= 11 is 0. The lowest BCUT2D eigenvalue weighted by Gasteiger charge is -2.42. The largest absolute Gasteiger partial charge is 0.480 e. The molecule has 1 aromatic rings. The summed E-state index contributed by atoms with van der Waals surface area (Å²) in [7, 11) is 3.87. The quantitative estimate of drug-likeness (QED) is 0.911. The Morgan fingerprint density at radius 1 is 1.20 bits per heavy atom. The van der Waals surface area contributed by atoms with Crippen LogP contribution in [-0.4, -0.2) is 54.4 Å². The van der Waals surface area contributed by atoms with E-state index in [0.29, 0.717) is 24.3 Å². The maximum absolute atomic E-state index is 13.2.